The number of rotatable bonds is 4. The fraction of sp³-hybridized carbons (Fsp3) is 0.462. The molecule has 0 aliphatic heterocycles. The molecule has 0 aliphatic rings. The van der Waals surface area contributed by atoms with Gasteiger partial charge in [0.1, 0.15) is 17.2 Å². The van der Waals surface area contributed by atoms with Crippen molar-refractivity contribution in [2.24, 2.45) is 14.1 Å². The first-order chi connectivity index (χ1) is 9.65. The molecule has 106 valence electrons. The van der Waals surface area contributed by atoms with E-state index in [-0.39, 0.29) is 0 Å². The maximum atomic E-state index is 6.05. The van der Waals surface area contributed by atoms with E-state index in [1.165, 1.54) is 0 Å². The lowest BCUT2D eigenvalue weighted by molar-refractivity contribution is 0.659. The van der Waals surface area contributed by atoms with Gasteiger partial charge in [-0.15, -0.1) is 11.6 Å². The molecule has 0 atom stereocenters. The quantitative estimate of drug-likeness (QED) is 0.690. The zero-order chi connectivity index (χ0) is 14.3. The first-order valence-corrected chi connectivity index (χ1v) is 7.12. The Morgan fingerprint density at radius 2 is 2.05 bits per heavy atom. The van der Waals surface area contributed by atoms with Crippen LogP contribution in [0.1, 0.15) is 24.3 Å². The Bertz CT molecular complexity index is 750. The molecule has 3 aromatic rings. The Labute approximate surface area is 122 Å². The van der Waals surface area contributed by atoms with Crippen LogP contribution in [-0.4, -0.2) is 28.9 Å². The van der Waals surface area contributed by atoms with E-state index in [4.69, 9.17) is 11.6 Å². The van der Waals surface area contributed by atoms with Crippen LogP contribution < -0.4 is 0 Å². The molecule has 3 rings (SSSR count). The van der Waals surface area contributed by atoms with Gasteiger partial charge in [0.05, 0.1) is 18.1 Å². The lowest BCUT2D eigenvalue weighted by Gasteiger charge is -2.08. The zero-order valence-corrected chi connectivity index (χ0v) is 12.6. The number of hydrogen-bond acceptors (Lipinski definition) is 3. The van der Waals surface area contributed by atoms with E-state index in [0.717, 1.165) is 34.9 Å². The molecule has 6 nitrogen and oxygen atoms in total. The maximum absolute atomic E-state index is 6.05. The highest BCUT2D eigenvalue weighted by Crippen LogP contribution is 2.22. The predicted octanol–water partition coefficient (Wildman–Crippen LogP) is 1.85. The van der Waals surface area contributed by atoms with Crippen molar-refractivity contribution in [2.75, 3.05) is 0 Å². The van der Waals surface area contributed by atoms with E-state index >= 15 is 0 Å². The summed E-state index contributed by atoms with van der Waals surface area (Å²) in [7, 11) is 3.92. The summed E-state index contributed by atoms with van der Waals surface area (Å²) in [5.41, 5.74) is 2.95. The molecule has 0 aromatic carbocycles. The molecule has 3 heterocycles. The predicted molar refractivity (Wildman–Crippen MR) is 77.7 cm³/mol. The van der Waals surface area contributed by atoms with Crippen molar-refractivity contribution in [3.05, 3.63) is 29.7 Å². The Morgan fingerprint density at radius 3 is 2.65 bits per heavy atom. The number of hydrogen-bond donors (Lipinski definition) is 0. The standard InChI is InChI=1S/C13H17ClN6/c1-4-9-12-13(19(3)17-9)20(10(7-14)16-12)8-11-15-5-6-18(11)2/h5-6H,4,7-8H2,1-3H3. The average molecular weight is 293 g/mol. The maximum Gasteiger partial charge on any atom is 0.159 e. The highest BCUT2D eigenvalue weighted by molar-refractivity contribution is 6.16. The van der Waals surface area contributed by atoms with Crippen LogP contribution in [0, 0.1) is 0 Å². The number of fused-ring (bicyclic) bond motifs is 1. The Balaban J connectivity index is 2.17. The van der Waals surface area contributed by atoms with Crippen LogP contribution in [0.25, 0.3) is 11.2 Å². The van der Waals surface area contributed by atoms with Crippen LogP contribution in [0.3, 0.4) is 0 Å². The third-order valence-electron chi connectivity index (χ3n) is 3.55. The number of aryl methyl sites for hydroxylation is 3. The van der Waals surface area contributed by atoms with Crippen molar-refractivity contribution in [3.63, 3.8) is 0 Å². The highest BCUT2D eigenvalue weighted by Gasteiger charge is 2.18. The van der Waals surface area contributed by atoms with E-state index in [2.05, 4.69) is 26.6 Å². The van der Waals surface area contributed by atoms with Gasteiger partial charge in [-0.25, -0.2) is 9.97 Å². The van der Waals surface area contributed by atoms with Crippen LogP contribution in [-0.2, 0) is 32.9 Å². The van der Waals surface area contributed by atoms with Crippen LogP contribution >= 0.6 is 11.6 Å². The first-order valence-electron chi connectivity index (χ1n) is 6.58. The van der Waals surface area contributed by atoms with E-state index in [1.54, 1.807) is 6.20 Å². The number of alkyl halides is 1. The van der Waals surface area contributed by atoms with E-state index in [9.17, 15) is 0 Å². The Hall–Kier alpha value is -1.82. The summed E-state index contributed by atoms with van der Waals surface area (Å²) in [6.07, 6.45) is 4.59. The Morgan fingerprint density at radius 1 is 1.25 bits per heavy atom. The van der Waals surface area contributed by atoms with Crippen molar-refractivity contribution < 1.29 is 0 Å². The summed E-state index contributed by atoms with van der Waals surface area (Å²) >= 11 is 6.05. The van der Waals surface area contributed by atoms with Crippen LogP contribution in [0.4, 0.5) is 0 Å². The van der Waals surface area contributed by atoms with Gasteiger partial charge >= 0.3 is 0 Å². The van der Waals surface area contributed by atoms with Gasteiger partial charge in [0.15, 0.2) is 5.65 Å². The summed E-state index contributed by atoms with van der Waals surface area (Å²) in [6.45, 7) is 2.73. The molecule has 0 aliphatic carbocycles. The fourth-order valence-corrected chi connectivity index (χ4v) is 2.69. The fourth-order valence-electron chi connectivity index (χ4n) is 2.48. The van der Waals surface area contributed by atoms with Crippen LogP contribution in [0.15, 0.2) is 12.4 Å². The minimum Gasteiger partial charge on any atom is -0.337 e. The SMILES string of the molecule is CCc1nn(C)c2c1nc(CCl)n2Cc1nccn1C. The van der Waals surface area contributed by atoms with E-state index in [1.807, 2.05) is 29.5 Å². The molecule has 0 fully saturated rings. The second-order valence-electron chi connectivity index (χ2n) is 4.80. The van der Waals surface area contributed by atoms with Crippen molar-refractivity contribution in [3.8, 4) is 0 Å². The molecule has 20 heavy (non-hydrogen) atoms. The average Bonchev–Trinajstić information content (AvgIpc) is 3.08. The van der Waals surface area contributed by atoms with Gasteiger partial charge < -0.3 is 9.13 Å². The first kappa shape index (κ1) is 13.2. The number of nitrogens with zero attached hydrogens (tertiary/aromatic N) is 6. The molecule has 0 amide bonds. The molecule has 7 heteroatoms. The van der Waals surface area contributed by atoms with E-state index in [0.29, 0.717) is 12.4 Å². The molecular weight excluding hydrogens is 276 g/mol. The summed E-state index contributed by atoms with van der Waals surface area (Å²) in [4.78, 5) is 9.01. The summed E-state index contributed by atoms with van der Waals surface area (Å²) < 4.78 is 5.97. The number of imidazole rings is 2. The number of halogens is 1. The normalized spacial score (nSPS) is 11.6. The monoisotopic (exact) mass is 292 g/mol. The molecule has 0 saturated carbocycles. The topological polar surface area (TPSA) is 53.5 Å². The van der Waals surface area contributed by atoms with E-state index < -0.39 is 0 Å². The third-order valence-corrected chi connectivity index (χ3v) is 3.78. The van der Waals surface area contributed by atoms with Gasteiger partial charge in [-0.05, 0) is 6.42 Å². The van der Waals surface area contributed by atoms with Crippen molar-refractivity contribution in [1.29, 1.82) is 0 Å². The van der Waals surface area contributed by atoms with Crippen molar-refractivity contribution in [1.82, 2.24) is 28.9 Å². The van der Waals surface area contributed by atoms with Crippen molar-refractivity contribution >= 4 is 22.8 Å². The smallest absolute Gasteiger partial charge is 0.159 e. The lowest BCUT2D eigenvalue weighted by Crippen LogP contribution is -2.11. The molecule has 0 unspecified atom stereocenters. The molecular formula is C13H17ClN6. The van der Waals surface area contributed by atoms with Gasteiger partial charge in [0.2, 0.25) is 0 Å². The number of aromatic nitrogens is 6. The van der Waals surface area contributed by atoms with Crippen LogP contribution in [0.5, 0.6) is 0 Å². The lowest BCUT2D eigenvalue weighted by atomic mass is 10.3. The van der Waals surface area contributed by atoms with Crippen molar-refractivity contribution in [2.45, 2.75) is 25.8 Å². The van der Waals surface area contributed by atoms with Gasteiger partial charge in [0.25, 0.3) is 0 Å². The molecule has 0 radical (unpaired) electrons. The molecule has 0 spiro atoms. The highest BCUT2D eigenvalue weighted by atomic mass is 35.5. The molecule has 0 bridgehead atoms. The molecule has 0 saturated heterocycles. The van der Waals surface area contributed by atoms with Gasteiger partial charge in [0, 0.05) is 26.5 Å². The van der Waals surface area contributed by atoms with Gasteiger partial charge in [-0.3, -0.25) is 4.68 Å². The third kappa shape index (κ3) is 1.91. The second kappa shape index (κ2) is 4.94. The van der Waals surface area contributed by atoms with Gasteiger partial charge in [-0.2, -0.15) is 5.10 Å². The summed E-state index contributed by atoms with van der Waals surface area (Å²) in [6, 6.07) is 0. The Kier molecular flexibility index (Phi) is 3.25. The van der Waals surface area contributed by atoms with Gasteiger partial charge in [-0.1, -0.05) is 6.92 Å². The summed E-state index contributed by atoms with van der Waals surface area (Å²) in [5, 5.41) is 4.52. The largest absolute Gasteiger partial charge is 0.337 e. The summed E-state index contributed by atoms with van der Waals surface area (Å²) in [5.74, 6) is 2.20. The second-order valence-corrected chi connectivity index (χ2v) is 5.07. The minimum absolute atomic E-state index is 0.377. The van der Waals surface area contributed by atoms with Crippen LogP contribution in [0.2, 0.25) is 0 Å². The molecule has 0 N–H and O–H groups in total. The zero-order valence-electron chi connectivity index (χ0n) is 11.8. The molecule has 3 aromatic heterocycles. The minimum atomic E-state index is 0.377.